The lowest BCUT2D eigenvalue weighted by Crippen LogP contribution is -2.13. The van der Waals surface area contributed by atoms with Crippen molar-refractivity contribution in [1.82, 2.24) is 4.98 Å². The Bertz CT molecular complexity index is 974. The van der Waals surface area contributed by atoms with Gasteiger partial charge in [-0.15, -0.1) is 0 Å². The van der Waals surface area contributed by atoms with E-state index in [0.29, 0.717) is 40.9 Å². The van der Waals surface area contributed by atoms with E-state index >= 15 is 0 Å². The summed E-state index contributed by atoms with van der Waals surface area (Å²) < 4.78 is 15.8. The first-order valence-corrected chi connectivity index (χ1v) is 8.99. The standard InChI is InChI=1S/C22H23N3O4/c1-27-18-7-5-4-6-17(18)22(26)25-16-9-11-21(24-14-16)23-13-15-8-10-19(28-2)20(12-15)29-3/h4-12,14H,13H2,1-3H3,(H,23,24)(H,25,26). The molecule has 0 aliphatic rings. The van der Waals surface area contributed by atoms with Crippen molar-refractivity contribution in [2.24, 2.45) is 0 Å². The molecule has 0 radical (unpaired) electrons. The Labute approximate surface area is 169 Å². The number of benzene rings is 2. The number of anilines is 2. The zero-order valence-electron chi connectivity index (χ0n) is 16.6. The number of ether oxygens (including phenoxy) is 3. The summed E-state index contributed by atoms with van der Waals surface area (Å²) in [7, 11) is 4.75. The Morgan fingerprint density at radius 1 is 0.897 bits per heavy atom. The van der Waals surface area contributed by atoms with Crippen LogP contribution in [0.15, 0.2) is 60.8 Å². The number of hydrogen-bond acceptors (Lipinski definition) is 6. The molecular weight excluding hydrogens is 370 g/mol. The van der Waals surface area contributed by atoms with Crippen LogP contribution in [0.4, 0.5) is 11.5 Å². The minimum atomic E-state index is -0.254. The molecule has 0 bridgehead atoms. The summed E-state index contributed by atoms with van der Waals surface area (Å²) in [6, 6.07) is 16.4. The summed E-state index contributed by atoms with van der Waals surface area (Å²) in [6.45, 7) is 0.570. The second-order valence-corrected chi connectivity index (χ2v) is 6.13. The zero-order valence-corrected chi connectivity index (χ0v) is 16.6. The summed E-state index contributed by atoms with van der Waals surface area (Å²) in [5, 5.41) is 6.06. The monoisotopic (exact) mass is 393 g/mol. The molecule has 0 aliphatic heterocycles. The minimum absolute atomic E-state index is 0.254. The lowest BCUT2D eigenvalue weighted by molar-refractivity contribution is 0.102. The van der Waals surface area contributed by atoms with Gasteiger partial charge in [-0.3, -0.25) is 4.79 Å². The third-order valence-corrected chi connectivity index (χ3v) is 4.29. The minimum Gasteiger partial charge on any atom is -0.496 e. The van der Waals surface area contributed by atoms with Gasteiger partial charge in [-0.2, -0.15) is 0 Å². The second kappa shape index (κ2) is 9.45. The maximum Gasteiger partial charge on any atom is 0.259 e. The molecule has 150 valence electrons. The molecule has 0 saturated carbocycles. The van der Waals surface area contributed by atoms with Gasteiger partial charge in [0.2, 0.25) is 0 Å². The van der Waals surface area contributed by atoms with E-state index in [-0.39, 0.29) is 5.91 Å². The highest BCUT2D eigenvalue weighted by atomic mass is 16.5. The van der Waals surface area contributed by atoms with Crippen molar-refractivity contribution in [3.05, 3.63) is 71.9 Å². The van der Waals surface area contributed by atoms with E-state index in [4.69, 9.17) is 14.2 Å². The molecule has 0 saturated heterocycles. The smallest absolute Gasteiger partial charge is 0.259 e. The van der Waals surface area contributed by atoms with E-state index < -0.39 is 0 Å². The SMILES string of the molecule is COc1ccc(CNc2ccc(NC(=O)c3ccccc3OC)cn2)cc1OC. The van der Waals surface area contributed by atoms with E-state index in [2.05, 4.69) is 15.6 Å². The Kier molecular flexibility index (Phi) is 6.52. The first kappa shape index (κ1) is 20.0. The number of rotatable bonds is 8. The van der Waals surface area contributed by atoms with E-state index in [1.807, 2.05) is 24.3 Å². The van der Waals surface area contributed by atoms with Gasteiger partial charge >= 0.3 is 0 Å². The molecular formula is C22H23N3O4. The van der Waals surface area contributed by atoms with Gasteiger partial charge in [-0.05, 0) is 42.0 Å². The molecule has 3 rings (SSSR count). The van der Waals surface area contributed by atoms with Crippen LogP contribution in [0.1, 0.15) is 15.9 Å². The largest absolute Gasteiger partial charge is 0.496 e. The van der Waals surface area contributed by atoms with Gasteiger partial charge in [0.25, 0.3) is 5.91 Å². The average molecular weight is 393 g/mol. The predicted molar refractivity (Wildman–Crippen MR) is 112 cm³/mol. The molecule has 0 fully saturated rings. The van der Waals surface area contributed by atoms with E-state index in [0.717, 1.165) is 5.56 Å². The van der Waals surface area contributed by atoms with Crippen LogP contribution in [0.5, 0.6) is 17.2 Å². The molecule has 1 heterocycles. The van der Waals surface area contributed by atoms with Crippen LogP contribution in [0.2, 0.25) is 0 Å². The van der Waals surface area contributed by atoms with Crippen LogP contribution in [-0.2, 0) is 6.54 Å². The molecule has 2 aromatic carbocycles. The number of carbonyl (C=O) groups is 1. The molecule has 2 N–H and O–H groups in total. The topological polar surface area (TPSA) is 81.7 Å². The number of amides is 1. The molecule has 0 unspecified atom stereocenters. The Hall–Kier alpha value is -3.74. The highest BCUT2D eigenvalue weighted by Gasteiger charge is 2.12. The molecule has 0 atom stereocenters. The molecule has 0 spiro atoms. The molecule has 1 aromatic heterocycles. The maximum absolute atomic E-state index is 12.4. The quantitative estimate of drug-likeness (QED) is 0.603. The van der Waals surface area contributed by atoms with Crippen molar-refractivity contribution >= 4 is 17.4 Å². The molecule has 3 aromatic rings. The van der Waals surface area contributed by atoms with Gasteiger partial charge in [-0.1, -0.05) is 18.2 Å². The molecule has 0 aliphatic carbocycles. The van der Waals surface area contributed by atoms with Crippen molar-refractivity contribution in [3.63, 3.8) is 0 Å². The molecule has 7 heteroatoms. The van der Waals surface area contributed by atoms with Crippen LogP contribution >= 0.6 is 0 Å². The van der Waals surface area contributed by atoms with Gasteiger partial charge in [0.05, 0.1) is 38.8 Å². The summed E-state index contributed by atoms with van der Waals surface area (Å²) in [4.78, 5) is 16.8. The number of hydrogen-bond donors (Lipinski definition) is 2. The first-order valence-electron chi connectivity index (χ1n) is 8.99. The van der Waals surface area contributed by atoms with Gasteiger partial charge < -0.3 is 24.8 Å². The van der Waals surface area contributed by atoms with E-state index in [9.17, 15) is 4.79 Å². The Balaban J connectivity index is 1.61. The fourth-order valence-electron chi connectivity index (χ4n) is 2.79. The predicted octanol–water partition coefficient (Wildman–Crippen LogP) is 3.97. The summed E-state index contributed by atoms with van der Waals surface area (Å²) in [5.74, 6) is 2.32. The molecule has 1 amide bonds. The fraction of sp³-hybridized carbons (Fsp3) is 0.182. The fourth-order valence-corrected chi connectivity index (χ4v) is 2.79. The number of methoxy groups -OCH3 is 3. The third-order valence-electron chi connectivity index (χ3n) is 4.29. The highest BCUT2D eigenvalue weighted by Crippen LogP contribution is 2.27. The van der Waals surface area contributed by atoms with Crippen molar-refractivity contribution in [2.45, 2.75) is 6.54 Å². The third kappa shape index (κ3) is 4.95. The van der Waals surface area contributed by atoms with Crippen molar-refractivity contribution in [2.75, 3.05) is 32.0 Å². The normalized spacial score (nSPS) is 10.2. The summed E-state index contributed by atoms with van der Waals surface area (Å²) in [6.07, 6.45) is 1.60. The first-order chi connectivity index (χ1) is 14.1. The van der Waals surface area contributed by atoms with Crippen LogP contribution in [0.3, 0.4) is 0 Å². The second-order valence-electron chi connectivity index (χ2n) is 6.13. The Morgan fingerprint density at radius 2 is 1.66 bits per heavy atom. The number of nitrogens with one attached hydrogen (secondary N) is 2. The van der Waals surface area contributed by atoms with Crippen LogP contribution in [0, 0.1) is 0 Å². The van der Waals surface area contributed by atoms with Crippen molar-refractivity contribution in [3.8, 4) is 17.2 Å². The van der Waals surface area contributed by atoms with Crippen LogP contribution in [-0.4, -0.2) is 32.2 Å². The van der Waals surface area contributed by atoms with Gasteiger partial charge in [-0.25, -0.2) is 4.98 Å². The highest BCUT2D eigenvalue weighted by molar-refractivity contribution is 6.06. The molecule has 29 heavy (non-hydrogen) atoms. The Morgan fingerprint density at radius 3 is 2.34 bits per heavy atom. The van der Waals surface area contributed by atoms with E-state index in [1.54, 1.807) is 50.7 Å². The van der Waals surface area contributed by atoms with Crippen LogP contribution < -0.4 is 24.8 Å². The number of pyridine rings is 1. The van der Waals surface area contributed by atoms with Gasteiger partial charge in [0.1, 0.15) is 11.6 Å². The number of carbonyl (C=O) groups excluding carboxylic acids is 1. The van der Waals surface area contributed by atoms with Crippen LogP contribution in [0.25, 0.3) is 0 Å². The number of aromatic nitrogens is 1. The lowest BCUT2D eigenvalue weighted by atomic mass is 10.2. The average Bonchev–Trinajstić information content (AvgIpc) is 2.78. The van der Waals surface area contributed by atoms with Crippen molar-refractivity contribution < 1.29 is 19.0 Å². The van der Waals surface area contributed by atoms with Crippen molar-refractivity contribution in [1.29, 1.82) is 0 Å². The molecule has 7 nitrogen and oxygen atoms in total. The van der Waals surface area contributed by atoms with E-state index in [1.165, 1.54) is 7.11 Å². The summed E-state index contributed by atoms with van der Waals surface area (Å²) in [5.41, 5.74) is 2.08. The van der Waals surface area contributed by atoms with Gasteiger partial charge in [0, 0.05) is 6.54 Å². The number of para-hydroxylation sites is 1. The lowest BCUT2D eigenvalue weighted by Gasteiger charge is -2.11. The number of nitrogens with zero attached hydrogens (tertiary/aromatic N) is 1. The summed E-state index contributed by atoms with van der Waals surface area (Å²) >= 11 is 0. The zero-order chi connectivity index (χ0) is 20.6. The van der Waals surface area contributed by atoms with Gasteiger partial charge in [0.15, 0.2) is 11.5 Å². The maximum atomic E-state index is 12.4.